The Bertz CT molecular complexity index is 225. The molecule has 0 aromatic rings. The quantitative estimate of drug-likeness (QED) is 0.204. The molecule has 0 saturated heterocycles. The molecular formula is C9H22ClN3O5. The van der Waals surface area contributed by atoms with Crippen LogP contribution in [-0.4, -0.2) is 74.3 Å². The van der Waals surface area contributed by atoms with Crippen molar-refractivity contribution < 1.29 is 41.6 Å². The summed E-state index contributed by atoms with van der Waals surface area (Å²) >= 11 is 0. The van der Waals surface area contributed by atoms with Gasteiger partial charge in [0.05, 0.1) is 27.7 Å². The zero-order valence-electron chi connectivity index (χ0n) is 10.9. The van der Waals surface area contributed by atoms with Crippen LogP contribution < -0.4 is 23.4 Å². The minimum Gasteiger partial charge on any atom is -1.00 e. The second-order valence-corrected chi connectivity index (χ2v) is 4.54. The first-order chi connectivity index (χ1) is 7.85. The number of quaternary nitrogens is 1. The van der Waals surface area contributed by atoms with E-state index in [1.807, 2.05) is 26.6 Å². The van der Waals surface area contributed by atoms with Crippen molar-refractivity contribution in [3.05, 3.63) is 0 Å². The summed E-state index contributed by atoms with van der Waals surface area (Å²) < 4.78 is 0.725. The fraction of sp³-hybridized carbons (Fsp3) is 0.889. The number of urea groups is 1. The Labute approximate surface area is 113 Å². The first-order valence-corrected chi connectivity index (χ1v) is 5.24. The second-order valence-electron chi connectivity index (χ2n) is 4.54. The molecule has 0 spiro atoms. The molecule has 4 N–H and O–H groups in total. The summed E-state index contributed by atoms with van der Waals surface area (Å²) in [5, 5.41) is 17.4. The molecule has 2 amide bonds. The van der Waals surface area contributed by atoms with Crippen LogP contribution in [0, 0.1) is 0 Å². The smallest absolute Gasteiger partial charge is 0.362 e. The highest BCUT2D eigenvalue weighted by Gasteiger charge is 2.08. The maximum Gasteiger partial charge on any atom is 0.362 e. The molecule has 1 unspecified atom stereocenters. The molecule has 8 nitrogen and oxygen atoms in total. The van der Waals surface area contributed by atoms with Crippen LogP contribution in [0.2, 0.25) is 0 Å². The topological polar surface area (TPSA) is 100 Å². The summed E-state index contributed by atoms with van der Waals surface area (Å²) in [5.41, 5.74) is 4.11. The highest BCUT2D eigenvalue weighted by atomic mass is 35.5. The third-order valence-electron chi connectivity index (χ3n) is 1.68. The molecule has 0 aliphatic heterocycles. The molecule has 0 rings (SSSR count). The zero-order valence-corrected chi connectivity index (χ0v) is 11.6. The third-order valence-corrected chi connectivity index (χ3v) is 1.68. The molecule has 0 aromatic heterocycles. The Morgan fingerprint density at radius 1 is 1.28 bits per heavy atom. The molecule has 18 heavy (non-hydrogen) atoms. The predicted octanol–water partition coefficient (Wildman–Crippen LogP) is -4.79. The first-order valence-electron chi connectivity index (χ1n) is 5.24. The number of aliphatic hydroxyl groups excluding tert-OH is 2. The van der Waals surface area contributed by atoms with Gasteiger partial charge in [-0.25, -0.2) is 15.8 Å². The summed E-state index contributed by atoms with van der Waals surface area (Å²) in [6.07, 6.45) is -1.02. The van der Waals surface area contributed by atoms with Crippen LogP contribution in [-0.2, 0) is 9.68 Å². The molecule has 0 radical (unpaired) electrons. The van der Waals surface area contributed by atoms with E-state index in [-0.39, 0.29) is 19.0 Å². The molecule has 0 aromatic carbocycles. The third kappa shape index (κ3) is 13.4. The number of hydroxylamine groups is 2. The fourth-order valence-electron chi connectivity index (χ4n) is 0.713. The summed E-state index contributed by atoms with van der Waals surface area (Å²) in [6.45, 7) is 0.493. The van der Waals surface area contributed by atoms with Crippen LogP contribution in [0.1, 0.15) is 0 Å². The molecule has 0 bridgehead atoms. The van der Waals surface area contributed by atoms with Gasteiger partial charge < -0.3 is 27.1 Å². The molecule has 0 fully saturated rings. The molecule has 0 saturated carbocycles. The maximum atomic E-state index is 11.0. The van der Waals surface area contributed by atoms with Crippen molar-refractivity contribution in [2.45, 2.75) is 6.10 Å². The van der Waals surface area contributed by atoms with Gasteiger partial charge in [-0.1, -0.05) is 0 Å². The number of halogens is 1. The van der Waals surface area contributed by atoms with E-state index in [0.717, 1.165) is 11.0 Å². The van der Waals surface area contributed by atoms with E-state index in [1.165, 1.54) is 0 Å². The van der Waals surface area contributed by atoms with Crippen molar-refractivity contribution in [3.63, 3.8) is 0 Å². The minimum absolute atomic E-state index is 0. The summed E-state index contributed by atoms with van der Waals surface area (Å²) in [5.74, 6) is 0. The summed E-state index contributed by atoms with van der Waals surface area (Å²) in [6, 6.07) is -0.670. The van der Waals surface area contributed by atoms with Crippen molar-refractivity contribution >= 4 is 6.03 Å². The Morgan fingerprint density at radius 3 is 2.33 bits per heavy atom. The number of nitrogens with one attached hydrogen (secondary N) is 2. The largest absolute Gasteiger partial charge is 1.00 e. The van der Waals surface area contributed by atoms with E-state index in [9.17, 15) is 4.79 Å². The summed E-state index contributed by atoms with van der Waals surface area (Å²) in [7, 11) is 6.01. The number of amides is 2. The fourth-order valence-corrected chi connectivity index (χ4v) is 0.713. The molecular weight excluding hydrogens is 266 g/mol. The van der Waals surface area contributed by atoms with Crippen molar-refractivity contribution in [2.75, 3.05) is 47.5 Å². The predicted molar refractivity (Wildman–Crippen MR) is 59.6 cm³/mol. The van der Waals surface area contributed by atoms with Gasteiger partial charge in [0.1, 0.15) is 25.9 Å². The van der Waals surface area contributed by atoms with E-state index in [4.69, 9.17) is 15.1 Å². The van der Waals surface area contributed by atoms with Crippen LogP contribution >= 0.6 is 0 Å². The Balaban J connectivity index is 0. The molecule has 1 atom stereocenters. The standard InChI is InChI=1S/C9H21N3O5.ClH/c1-12(2,3)4-5-16-10-9(15)11-17-7-8(14)6-13;/h8,13-14H,4-7H2,1-3H3,(H-,10,11,15);1H. The van der Waals surface area contributed by atoms with Gasteiger partial charge in [0.25, 0.3) is 0 Å². The van der Waals surface area contributed by atoms with Gasteiger partial charge in [-0.2, -0.15) is 0 Å². The van der Waals surface area contributed by atoms with Gasteiger partial charge in [0, 0.05) is 0 Å². The number of carbonyl (C=O) groups excluding carboxylic acids is 1. The number of aliphatic hydroxyl groups is 2. The minimum atomic E-state index is -1.02. The van der Waals surface area contributed by atoms with Gasteiger partial charge in [-0.3, -0.25) is 9.68 Å². The number of carbonyl (C=O) groups is 1. The van der Waals surface area contributed by atoms with Gasteiger partial charge in [0.15, 0.2) is 0 Å². The highest BCUT2D eigenvalue weighted by Crippen LogP contribution is 1.87. The van der Waals surface area contributed by atoms with E-state index < -0.39 is 18.7 Å². The number of hydrogen-bond acceptors (Lipinski definition) is 5. The number of nitrogens with zero attached hydrogens (tertiary/aromatic N) is 1. The summed E-state index contributed by atoms with van der Waals surface area (Å²) in [4.78, 5) is 20.5. The lowest BCUT2D eigenvalue weighted by Gasteiger charge is -2.23. The average molecular weight is 288 g/mol. The van der Waals surface area contributed by atoms with Gasteiger partial charge in [-0.15, -0.1) is 0 Å². The van der Waals surface area contributed by atoms with Gasteiger partial charge in [0.2, 0.25) is 0 Å². The number of rotatable bonds is 8. The van der Waals surface area contributed by atoms with Crippen molar-refractivity contribution in [3.8, 4) is 0 Å². The van der Waals surface area contributed by atoms with Crippen LogP contribution in [0.25, 0.3) is 0 Å². The van der Waals surface area contributed by atoms with Crippen LogP contribution in [0.3, 0.4) is 0 Å². The lowest BCUT2D eigenvalue weighted by Crippen LogP contribution is -3.00. The number of hydrogen-bond donors (Lipinski definition) is 4. The highest BCUT2D eigenvalue weighted by molar-refractivity contribution is 5.71. The van der Waals surface area contributed by atoms with Gasteiger partial charge >= 0.3 is 6.03 Å². The molecule has 0 heterocycles. The molecule has 110 valence electrons. The van der Waals surface area contributed by atoms with E-state index in [0.29, 0.717) is 6.61 Å². The zero-order chi connectivity index (χ0) is 13.3. The average Bonchev–Trinajstić information content (AvgIpc) is 2.23. The number of likely N-dealkylation sites (N-methyl/N-ethyl adjacent to an activating group) is 1. The van der Waals surface area contributed by atoms with Crippen molar-refractivity contribution in [2.24, 2.45) is 0 Å². The molecule has 0 aliphatic carbocycles. The van der Waals surface area contributed by atoms with E-state index in [2.05, 4.69) is 10.3 Å². The van der Waals surface area contributed by atoms with Gasteiger partial charge in [-0.05, 0) is 0 Å². The monoisotopic (exact) mass is 287 g/mol. The second kappa shape index (κ2) is 10.3. The van der Waals surface area contributed by atoms with E-state index >= 15 is 0 Å². The van der Waals surface area contributed by atoms with Crippen molar-refractivity contribution in [1.82, 2.24) is 11.0 Å². The normalized spacial score (nSPS) is 12.5. The SMILES string of the molecule is C[N+](C)(C)CCONC(=O)NOCC(O)CO.[Cl-]. The lowest BCUT2D eigenvalue weighted by molar-refractivity contribution is -0.870. The Morgan fingerprint density at radius 2 is 1.83 bits per heavy atom. The van der Waals surface area contributed by atoms with Crippen LogP contribution in [0.5, 0.6) is 0 Å². The maximum absolute atomic E-state index is 11.0. The Hall–Kier alpha value is -0.640. The van der Waals surface area contributed by atoms with Crippen molar-refractivity contribution in [1.29, 1.82) is 0 Å². The first kappa shape index (κ1) is 19.7. The van der Waals surface area contributed by atoms with E-state index in [1.54, 1.807) is 0 Å². The molecule has 9 heteroatoms. The lowest BCUT2D eigenvalue weighted by atomic mass is 10.4. The Kier molecular flexibility index (Phi) is 11.3. The van der Waals surface area contributed by atoms with Crippen LogP contribution in [0.4, 0.5) is 4.79 Å². The molecule has 0 aliphatic rings. The van der Waals surface area contributed by atoms with Crippen LogP contribution in [0.15, 0.2) is 0 Å².